The first-order chi connectivity index (χ1) is 19.0. The Morgan fingerprint density at radius 2 is 1.64 bits per heavy atom. The van der Waals surface area contributed by atoms with Crippen LogP contribution in [0.1, 0.15) is 30.4 Å². The summed E-state index contributed by atoms with van der Waals surface area (Å²) in [6, 6.07) is 18.7. The van der Waals surface area contributed by atoms with E-state index in [-0.39, 0.29) is 17.1 Å². The van der Waals surface area contributed by atoms with Crippen molar-refractivity contribution in [2.24, 2.45) is 0 Å². The summed E-state index contributed by atoms with van der Waals surface area (Å²) in [6.45, 7) is 1.01. The van der Waals surface area contributed by atoms with Gasteiger partial charge in [0, 0.05) is 6.54 Å². The molecular formula is C31H34N2O6. The highest BCUT2D eigenvalue weighted by atomic mass is 16.6. The van der Waals surface area contributed by atoms with E-state index in [2.05, 4.69) is 5.32 Å². The highest BCUT2D eigenvalue weighted by molar-refractivity contribution is 6.05. The molecule has 8 nitrogen and oxygen atoms in total. The average molecular weight is 531 g/mol. The van der Waals surface area contributed by atoms with E-state index < -0.39 is 35.7 Å². The molecule has 0 aliphatic carbocycles. The number of carbonyl (C=O) groups is 3. The van der Waals surface area contributed by atoms with Gasteiger partial charge in [-0.25, -0.2) is 9.59 Å². The summed E-state index contributed by atoms with van der Waals surface area (Å²) in [6.07, 6.45) is 5.59. The second-order valence-corrected chi connectivity index (χ2v) is 10.1. The van der Waals surface area contributed by atoms with Gasteiger partial charge < -0.3 is 24.4 Å². The smallest absolute Gasteiger partial charge is 0.337 e. The zero-order valence-electron chi connectivity index (χ0n) is 22.3. The second kappa shape index (κ2) is 11.6. The van der Waals surface area contributed by atoms with Crippen LogP contribution in [0.3, 0.4) is 0 Å². The molecule has 0 unspecified atom stereocenters. The van der Waals surface area contributed by atoms with Crippen molar-refractivity contribution in [3.63, 3.8) is 0 Å². The van der Waals surface area contributed by atoms with Gasteiger partial charge in [0.25, 0.3) is 0 Å². The lowest BCUT2D eigenvalue weighted by atomic mass is 9.78. The lowest BCUT2D eigenvalue weighted by Gasteiger charge is -2.43. The van der Waals surface area contributed by atoms with Gasteiger partial charge >= 0.3 is 11.9 Å². The number of fused-ring (bicyclic) bond motifs is 2. The lowest BCUT2D eigenvalue weighted by molar-refractivity contribution is -0.146. The SMILES string of the molecule is COC(=O)C1=C(C(=O)OC)[C@]2([C@H]3CCCCN[C@@H](Cc4ccccc4)C(=O)N3Cc3ccccc3)C=C[C@H]1O2. The summed E-state index contributed by atoms with van der Waals surface area (Å²) in [5.41, 5.74) is 0.939. The minimum atomic E-state index is -1.33. The molecule has 5 rings (SSSR count). The Balaban J connectivity index is 1.61. The first-order valence-corrected chi connectivity index (χ1v) is 13.4. The largest absolute Gasteiger partial charge is 0.466 e. The van der Waals surface area contributed by atoms with E-state index in [1.807, 2.05) is 71.6 Å². The van der Waals surface area contributed by atoms with E-state index in [4.69, 9.17) is 14.2 Å². The van der Waals surface area contributed by atoms with Gasteiger partial charge in [-0.05, 0) is 43.0 Å². The van der Waals surface area contributed by atoms with Crippen molar-refractivity contribution in [3.8, 4) is 0 Å². The van der Waals surface area contributed by atoms with Crippen LogP contribution in [0.5, 0.6) is 0 Å². The summed E-state index contributed by atoms with van der Waals surface area (Å²) in [4.78, 5) is 42.4. The molecule has 3 aliphatic rings. The molecule has 0 aromatic heterocycles. The fourth-order valence-electron chi connectivity index (χ4n) is 5.98. The van der Waals surface area contributed by atoms with E-state index in [0.717, 1.165) is 24.0 Å². The number of nitrogens with one attached hydrogen (secondary N) is 1. The standard InChI is InChI=1S/C31H34N2O6/c1-37-29(35)26-24-16-17-31(39-24,27(26)30(36)38-2)25-15-9-10-18-32-23(19-21-11-5-3-6-12-21)28(34)33(25)20-22-13-7-4-8-14-22/h3-8,11-14,16-17,23-25,32H,9-10,15,18-20H2,1-2H3/t23-,24+,25+,31+/m0/s1. The molecule has 3 aliphatic heterocycles. The maximum Gasteiger partial charge on any atom is 0.337 e. The molecule has 0 saturated carbocycles. The molecule has 1 amide bonds. The quantitative estimate of drug-likeness (QED) is 0.434. The number of hydrogen-bond donors (Lipinski definition) is 1. The van der Waals surface area contributed by atoms with Gasteiger partial charge in [-0.2, -0.15) is 0 Å². The number of rotatable bonds is 7. The molecule has 2 aromatic carbocycles. The van der Waals surface area contributed by atoms with Crippen LogP contribution < -0.4 is 5.32 Å². The number of hydrogen-bond acceptors (Lipinski definition) is 7. The Bertz CT molecular complexity index is 1270. The molecule has 4 atom stereocenters. The molecule has 0 spiro atoms. The predicted octanol–water partition coefficient (Wildman–Crippen LogP) is 3.12. The van der Waals surface area contributed by atoms with Crippen molar-refractivity contribution < 1.29 is 28.6 Å². The van der Waals surface area contributed by atoms with Crippen molar-refractivity contribution >= 4 is 17.8 Å². The van der Waals surface area contributed by atoms with Gasteiger partial charge in [0.15, 0.2) is 0 Å². The number of esters is 2. The highest BCUT2D eigenvalue weighted by Crippen LogP contribution is 2.49. The van der Waals surface area contributed by atoms with Crippen LogP contribution in [0, 0.1) is 0 Å². The van der Waals surface area contributed by atoms with Gasteiger partial charge in [0.1, 0.15) is 11.7 Å². The van der Waals surface area contributed by atoms with Crippen molar-refractivity contribution in [1.82, 2.24) is 10.2 Å². The van der Waals surface area contributed by atoms with Gasteiger partial charge in [-0.3, -0.25) is 4.79 Å². The number of benzene rings is 2. The third-order valence-electron chi connectivity index (χ3n) is 7.81. The fraction of sp³-hybridized carbons (Fsp3) is 0.387. The van der Waals surface area contributed by atoms with Crippen molar-refractivity contribution in [2.45, 2.75) is 56.0 Å². The maximum absolute atomic E-state index is 14.5. The van der Waals surface area contributed by atoms with Crippen LogP contribution in [0.15, 0.2) is 84.0 Å². The summed E-state index contributed by atoms with van der Waals surface area (Å²) in [5.74, 6) is -1.38. The molecule has 1 N–H and O–H groups in total. The molecule has 39 heavy (non-hydrogen) atoms. The van der Waals surface area contributed by atoms with Gasteiger partial charge in [-0.15, -0.1) is 0 Å². The summed E-state index contributed by atoms with van der Waals surface area (Å²) >= 11 is 0. The van der Waals surface area contributed by atoms with Crippen LogP contribution in [0.2, 0.25) is 0 Å². The number of carbonyl (C=O) groups excluding carboxylic acids is 3. The van der Waals surface area contributed by atoms with E-state index in [9.17, 15) is 14.4 Å². The molecule has 1 fully saturated rings. The summed E-state index contributed by atoms with van der Waals surface area (Å²) in [5, 5.41) is 3.48. The maximum atomic E-state index is 14.5. The zero-order chi connectivity index (χ0) is 27.4. The van der Waals surface area contributed by atoms with Crippen molar-refractivity contribution in [1.29, 1.82) is 0 Å². The van der Waals surface area contributed by atoms with Crippen LogP contribution in [-0.2, 0) is 41.6 Å². The third-order valence-corrected chi connectivity index (χ3v) is 7.81. The van der Waals surface area contributed by atoms with Crippen LogP contribution in [0.4, 0.5) is 0 Å². The van der Waals surface area contributed by atoms with Gasteiger partial charge in [0.2, 0.25) is 5.91 Å². The zero-order valence-corrected chi connectivity index (χ0v) is 22.3. The number of amides is 1. The first kappa shape index (κ1) is 26.8. The number of methoxy groups -OCH3 is 2. The molecule has 2 bridgehead atoms. The van der Waals surface area contributed by atoms with E-state index >= 15 is 0 Å². The molecule has 8 heteroatoms. The number of nitrogens with zero attached hydrogens (tertiary/aromatic N) is 1. The summed E-state index contributed by atoms with van der Waals surface area (Å²) in [7, 11) is 2.56. The van der Waals surface area contributed by atoms with E-state index in [1.165, 1.54) is 14.2 Å². The van der Waals surface area contributed by atoms with Gasteiger partial charge in [-0.1, -0.05) is 73.2 Å². The molecule has 204 valence electrons. The fourth-order valence-corrected chi connectivity index (χ4v) is 5.98. The normalized spacial score (nSPS) is 26.7. The van der Waals surface area contributed by atoms with Crippen LogP contribution in [-0.4, -0.2) is 67.3 Å². The molecule has 0 radical (unpaired) electrons. The Morgan fingerprint density at radius 3 is 2.31 bits per heavy atom. The van der Waals surface area contributed by atoms with E-state index in [0.29, 0.717) is 25.9 Å². The molecule has 3 heterocycles. The number of ether oxygens (including phenoxy) is 3. The highest BCUT2D eigenvalue weighted by Gasteiger charge is 2.60. The predicted molar refractivity (Wildman–Crippen MR) is 144 cm³/mol. The molecule has 1 saturated heterocycles. The average Bonchev–Trinajstić information content (AvgIpc) is 3.56. The Kier molecular flexibility index (Phi) is 7.95. The topological polar surface area (TPSA) is 94.2 Å². The second-order valence-electron chi connectivity index (χ2n) is 10.1. The lowest BCUT2D eigenvalue weighted by Crippen LogP contribution is -2.58. The minimum Gasteiger partial charge on any atom is -0.466 e. The van der Waals surface area contributed by atoms with Gasteiger partial charge in [0.05, 0.1) is 37.4 Å². The Labute approximate surface area is 228 Å². The first-order valence-electron chi connectivity index (χ1n) is 13.4. The minimum absolute atomic E-state index is 0.0832. The molecule has 2 aromatic rings. The van der Waals surface area contributed by atoms with E-state index in [1.54, 1.807) is 6.08 Å². The Hall–Kier alpha value is -3.75. The van der Waals surface area contributed by atoms with Crippen molar-refractivity contribution in [3.05, 3.63) is 95.1 Å². The summed E-state index contributed by atoms with van der Waals surface area (Å²) < 4.78 is 16.7. The Morgan fingerprint density at radius 1 is 0.974 bits per heavy atom. The third kappa shape index (κ3) is 5.14. The monoisotopic (exact) mass is 530 g/mol. The van der Waals surface area contributed by atoms with Crippen LogP contribution >= 0.6 is 0 Å². The molecular weight excluding hydrogens is 496 g/mol. The van der Waals surface area contributed by atoms with Crippen LogP contribution in [0.25, 0.3) is 0 Å². The van der Waals surface area contributed by atoms with Crippen molar-refractivity contribution in [2.75, 3.05) is 20.8 Å².